The largest absolute Gasteiger partial charge is 0.508 e. The highest BCUT2D eigenvalue weighted by atomic mass is 19.4. The van der Waals surface area contributed by atoms with E-state index in [2.05, 4.69) is 0 Å². The molecule has 0 aliphatic carbocycles. The zero-order valence-corrected chi connectivity index (χ0v) is 24.6. The summed E-state index contributed by atoms with van der Waals surface area (Å²) in [6, 6.07) is 7.16. The molecular weight excluding hydrogens is 550 g/mol. The van der Waals surface area contributed by atoms with Crippen molar-refractivity contribution in [3.8, 4) is 5.75 Å². The van der Waals surface area contributed by atoms with Gasteiger partial charge in [0.15, 0.2) is 5.78 Å². The van der Waals surface area contributed by atoms with Gasteiger partial charge < -0.3 is 15.7 Å². The standard InChI is InChI=1S/C32H41F4N3O3/c1-19-22(11-8-12-24(19)33)26-23(28(41)20-9-7-10-21(40)17-20)18-39(16-13-25(37)31(2,3)4)29(32(34,35)36)27(26)30(42)38-14-5-6-15-38/h7-12,17,23,25-27,29,40H,5-6,13-16,18,37H2,1-4H3/t23-,25?,26+,27-,29-/m0/s1. The van der Waals surface area contributed by atoms with E-state index in [1.165, 1.54) is 59.2 Å². The van der Waals surface area contributed by atoms with Crippen molar-refractivity contribution in [2.75, 3.05) is 26.2 Å². The molecule has 6 nitrogen and oxygen atoms in total. The third-order valence-corrected chi connectivity index (χ3v) is 9.00. The summed E-state index contributed by atoms with van der Waals surface area (Å²) in [6.07, 6.45) is -3.25. The zero-order chi connectivity index (χ0) is 31.0. The van der Waals surface area contributed by atoms with Crippen molar-refractivity contribution in [1.29, 1.82) is 0 Å². The third kappa shape index (κ3) is 6.64. The maximum absolute atomic E-state index is 15.2. The number of piperidine rings is 1. The maximum Gasteiger partial charge on any atom is 0.404 e. The SMILES string of the molecule is Cc1c(F)cccc1[C@H]1[C@H](C(=O)N2CCCC2)[C@@H](C(F)(F)F)N(CCC(N)C(C)(C)C)C[C@@H]1C(=O)c1cccc(O)c1. The fourth-order valence-corrected chi connectivity index (χ4v) is 6.48. The van der Waals surface area contributed by atoms with E-state index in [0.717, 1.165) is 0 Å². The van der Waals surface area contributed by atoms with Crippen molar-refractivity contribution in [3.63, 3.8) is 0 Å². The van der Waals surface area contributed by atoms with Gasteiger partial charge in [-0.05, 0) is 60.9 Å². The van der Waals surface area contributed by atoms with Gasteiger partial charge in [0.2, 0.25) is 5.91 Å². The molecule has 1 amide bonds. The summed E-state index contributed by atoms with van der Waals surface area (Å²) in [5.41, 5.74) is 6.42. The number of nitrogens with zero attached hydrogens (tertiary/aromatic N) is 2. The van der Waals surface area contributed by atoms with Crippen LogP contribution in [-0.4, -0.2) is 71.0 Å². The van der Waals surface area contributed by atoms with Crippen molar-refractivity contribution < 1.29 is 32.3 Å². The third-order valence-electron chi connectivity index (χ3n) is 9.00. The number of aromatic hydroxyl groups is 1. The van der Waals surface area contributed by atoms with Crippen molar-refractivity contribution in [1.82, 2.24) is 9.80 Å². The zero-order valence-electron chi connectivity index (χ0n) is 24.6. The molecule has 0 saturated carbocycles. The first kappa shape index (κ1) is 31.9. The number of hydrogen-bond acceptors (Lipinski definition) is 5. The van der Waals surface area contributed by atoms with Crippen LogP contribution in [0, 0.1) is 30.0 Å². The smallest absolute Gasteiger partial charge is 0.404 e. The summed E-state index contributed by atoms with van der Waals surface area (Å²) in [5.74, 6) is -6.02. The first-order valence-electron chi connectivity index (χ1n) is 14.5. The van der Waals surface area contributed by atoms with Gasteiger partial charge in [-0.15, -0.1) is 0 Å². The fraction of sp³-hybridized carbons (Fsp3) is 0.562. The van der Waals surface area contributed by atoms with Gasteiger partial charge in [0, 0.05) is 49.6 Å². The van der Waals surface area contributed by atoms with Crippen LogP contribution in [0.1, 0.15) is 67.4 Å². The van der Waals surface area contributed by atoms with Gasteiger partial charge in [-0.25, -0.2) is 4.39 Å². The molecule has 5 atom stereocenters. The molecule has 42 heavy (non-hydrogen) atoms. The molecule has 0 aromatic heterocycles. The molecule has 4 rings (SSSR count). The lowest BCUT2D eigenvalue weighted by molar-refractivity contribution is -0.214. The van der Waals surface area contributed by atoms with Gasteiger partial charge in [-0.2, -0.15) is 13.2 Å². The molecule has 10 heteroatoms. The van der Waals surface area contributed by atoms with Crippen LogP contribution in [0.2, 0.25) is 0 Å². The lowest BCUT2D eigenvalue weighted by Gasteiger charge is -2.50. The second-order valence-electron chi connectivity index (χ2n) is 12.8. The van der Waals surface area contributed by atoms with Crippen molar-refractivity contribution in [3.05, 3.63) is 65.0 Å². The van der Waals surface area contributed by atoms with Gasteiger partial charge in [0.1, 0.15) is 17.6 Å². The molecule has 0 bridgehead atoms. The van der Waals surface area contributed by atoms with Crippen molar-refractivity contribution >= 4 is 11.7 Å². The van der Waals surface area contributed by atoms with E-state index in [1.54, 1.807) is 0 Å². The Labute approximate surface area is 244 Å². The predicted molar refractivity (Wildman–Crippen MR) is 153 cm³/mol. The van der Waals surface area contributed by atoms with Crippen molar-refractivity contribution in [2.45, 2.75) is 71.1 Å². The van der Waals surface area contributed by atoms with Crippen LogP contribution < -0.4 is 5.73 Å². The molecule has 2 aromatic rings. The molecular formula is C32H41F4N3O3. The highest BCUT2D eigenvalue weighted by molar-refractivity contribution is 5.99. The number of ketones is 1. The molecule has 2 aliphatic heterocycles. The molecule has 230 valence electrons. The van der Waals surface area contributed by atoms with Crippen LogP contribution in [0.25, 0.3) is 0 Å². The van der Waals surface area contributed by atoms with E-state index in [4.69, 9.17) is 5.73 Å². The summed E-state index contributed by atoms with van der Waals surface area (Å²) >= 11 is 0. The molecule has 2 aromatic carbocycles. The predicted octanol–water partition coefficient (Wildman–Crippen LogP) is 5.67. The molecule has 2 fully saturated rings. The minimum atomic E-state index is -4.82. The van der Waals surface area contributed by atoms with E-state index >= 15 is 13.2 Å². The number of amides is 1. The number of carbonyl (C=O) groups is 2. The summed E-state index contributed by atoms with van der Waals surface area (Å²) in [6.45, 7) is 7.47. The molecule has 2 saturated heterocycles. The van der Waals surface area contributed by atoms with Crippen molar-refractivity contribution in [2.24, 2.45) is 23.0 Å². The van der Waals surface area contributed by atoms with Crippen LogP contribution in [-0.2, 0) is 4.79 Å². The topological polar surface area (TPSA) is 86.9 Å². The Bertz CT molecular complexity index is 1290. The first-order chi connectivity index (χ1) is 19.6. The van der Waals surface area contributed by atoms with E-state index in [1.807, 2.05) is 20.8 Å². The molecule has 2 heterocycles. The van der Waals surface area contributed by atoms with Crippen LogP contribution in [0.4, 0.5) is 17.6 Å². The lowest BCUT2D eigenvalue weighted by atomic mass is 9.66. The second-order valence-corrected chi connectivity index (χ2v) is 12.8. The first-order valence-corrected chi connectivity index (χ1v) is 14.5. The Hall–Kier alpha value is -2.98. The average molecular weight is 592 g/mol. The number of phenolic OH excluding ortho intramolecular Hbond substituents is 1. The van der Waals surface area contributed by atoms with Crippen LogP contribution >= 0.6 is 0 Å². The Kier molecular flexibility index (Phi) is 9.37. The number of Topliss-reactive ketones (excluding diaryl/α,β-unsaturated/α-hetero) is 1. The Morgan fingerprint density at radius 1 is 1.07 bits per heavy atom. The van der Waals surface area contributed by atoms with Gasteiger partial charge >= 0.3 is 6.18 Å². The average Bonchev–Trinajstić information content (AvgIpc) is 3.46. The molecule has 2 aliphatic rings. The highest BCUT2D eigenvalue weighted by Crippen LogP contribution is 2.49. The monoisotopic (exact) mass is 591 g/mol. The Balaban J connectivity index is 1.91. The summed E-state index contributed by atoms with van der Waals surface area (Å²) in [4.78, 5) is 31.0. The molecule has 3 N–H and O–H groups in total. The summed E-state index contributed by atoms with van der Waals surface area (Å²) < 4.78 is 60.5. The molecule has 0 spiro atoms. The maximum atomic E-state index is 15.2. The number of hydrogen-bond donors (Lipinski definition) is 2. The number of benzene rings is 2. The van der Waals surface area contributed by atoms with E-state index in [-0.39, 0.29) is 47.4 Å². The quantitative estimate of drug-likeness (QED) is 0.320. The number of nitrogens with two attached hydrogens (primary N) is 1. The summed E-state index contributed by atoms with van der Waals surface area (Å²) in [5, 5.41) is 10.1. The Morgan fingerprint density at radius 2 is 1.71 bits per heavy atom. The van der Waals surface area contributed by atoms with Crippen LogP contribution in [0.5, 0.6) is 5.75 Å². The van der Waals surface area contributed by atoms with Gasteiger partial charge in [-0.1, -0.05) is 45.0 Å². The van der Waals surface area contributed by atoms with E-state index < -0.39 is 53.5 Å². The van der Waals surface area contributed by atoms with Gasteiger partial charge in [0.05, 0.1) is 5.92 Å². The van der Waals surface area contributed by atoms with Gasteiger partial charge in [-0.3, -0.25) is 14.5 Å². The lowest BCUT2D eigenvalue weighted by Crippen LogP contribution is -2.63. The number of rotatable bonds is 7. The molecule has 1 unspecified atom stereocenters. The molecule has 0 radical (unpaired) electrons. The second kappa shape index (κ2) is 12.3. The summed E-state index contributed by atoms with van der Waals surface area (Å²) in [7, 11) is 0. The number of alkyl halides is 3. The minimum absolute atomic E-state index is 0.0783. The number of phenols is 1. The minimum Gasteiger partial charge on any atom is -0.508 e. The van der Waals surface area contributed by atoms with E-state index in [9.17, 15) is 19.1 Å². The number of carbonyl (C=O) groups excluding carboxylic acids is 2. The van der Waals surface area contributed by atoms with E-state index in [0.29, 0.717) is 25.9 Å². The Morgan fingerprint density at radius 3 is 2.31 bits per heavy atom. The van der Waals surface area contributed by atoms with Crippen LogP contribution in [0.3, 0.4) is 0 Å². The fourth-order valence-electron chi connectivity index (χ4n) is 6.48. The number of likely N-dealkylation sites (tertiary alicyclic amines) is 2. The number of halogens is 4. The highest BCUT2D eigenvalue weighted by Gasteiger charge is 2.60. The van der Waals surface area contributed by atoms with Crippen LogP contribution in [0.15, 0.2) is 42.5 Å². The van der Waals surface area contributed by atoms with Gasteiger partial charge in [0.25, 0.3) is 0 Å². The normalized spacial score (nSPS) is 24.5.